The van der Waals surface area contributed by atoms with Crippen molar-refractivity contribution in [3.05, 3.63) is 63.6 Å². The maximum Gasteiger partial charge on any atom is 0.0934 e. The molecule has 0 aliphatic heterocycles. The maximum atomic E-state index is 10.1. The molecule has 4 N–H and O–H groups in total. The maximum absolute atomic E-state index is 10.1. The van der Waals surface area contributed by atoms with E-state index in [4.69, 9.17) is 28.9 Å². The van der Waals surface area contributed by atoms with E-state index in [1.165, 1.54) is 0 Å². The van der Waals surface area contributed by atoms with Gasteiger partial charge >= 0.3 is 0 Å². The third-order valence-electron chi connectivity index (χ3n) is 3.02. The highest BCUT2D eigenvalue weighted by atomic mass is 35.5. The van der Waals surface area contributed by atoms with Gasteiger partial charge in [-0.05, 0) is 23.8 Å². The van der Waals surface area contributed by atoms with E-state index >= 15 is 0 Å². The van der Waals surface area contributed by atoms with Crippen molar-refractivity contribution in [2.24, 2.45) is 0 Å². The van der Waals surface area contributed by atoms with Crippen molar-refractivity contribution in [3.63, 3.8) is 0 Å². The number of halogens is 2. The number of nitrogens with one attached hydrogen (secondary N) is 1. The van der Waals surface area contributed by atoms with Crippen LogP contribution < -0.4 is 11.1 Å². The summed E-state index contributed by atoms with van der Waals surface area (Å²) >= 11 is 11.9. The van der Waals surface area contributed by atoms with Crippen molar-refractivity contribution >= 4 is 28.9 Å². The Kier molecular flexibility index (Phi) is 5.26. The van der Waals surface area contributed by atoms with Gasteiger partial charge in [-0.3, -0.25) is 0 Å². The highest BCUT2D eigenvalue weighted by molar-refractivity contribution is 6.35. The van der Waals surface area contributed by atoms with Gasteiger partial charge in [-0.2, -0.15) is 0 Å². The van der Waals surface area contributed by atoms with Gasteiger partial charge < -0.3 is 16.2 Å². The average Bonchev–Trinajstić information content (AvgIpc) is 2.41. The number of benzene rings is 2. The van der Waals surface area contributed by atoms with Gasteiger partial charge in [0.1, 0.15) is 0 Å². The molecule has 2 aromatic carbocycles. The minimum Gasteiger partial charge on any atom is -0.398 e. The predicted molar refractivity (Wildman–Crippen MR) is 84.0 cm³/mol. The highest BCUT2D eigenvalue weighted by Gasteiger charge is 2.10. The second-order valence-electron chi connectivity index (χ2n) is 4.51. The highest BCUT2D eigenvalue weighted by Crippen LogP contribution is 2.22. The second kappa shape index (κ2) is 6.95. The van der Waals surface area contributed by atoms with Gasteiger partial charge in [-0.15, -0.1) is 0 Å². The Hall–Kier alpha value is -1.26. The molecule has 20 heavy (non-hydrogen) atoms. The van der Waals surface area contributed by atoms with Crippen LogP contribution in [0.4, 0.5) is 5.69 Å². The summed E-state index contributed by atoms with van der Waals surface area (Å²) in [5, 5.41) is 14.5. The van der Waals surface area contributed by atoms with Gasteiger partial charge in [0.05, 0.1) is 6.10 Å². The summed E-state index contributed by atoms with van der Waals surface area (Å²) in [6, 6.07) is 12.6. The quantitative estimate of drug-likeness (QED) is 0.742. The minimum absolute atomic E-state index is 0.396. The van der Waals surface area contributed by atoms with E-state index in [9.17, 15) is 5.11 Å². The van der Waals surface area contributed by atoms with Crippen LogP contribution in [0.5, 0.6) is 0 Å². The van der Waals surface area contributed by atoms with Gasteiger partial charge in [0.2, 0.25) is 0 Å². The first-order chi connectivity index (χ1) is 9.58. The number of rotatable bonds is 5. The predicted octanol–water partition coefficient (Wildman–Crippen LogP) is 3.40. The lowest BCUT2D eigenvalue weighted by Gasteiger charge is -2.14. The van der Waals surface area contributed by atoms with E-state index in [2.05, 4.69) is 5.32 Å². The fourth-order valence-electron chi connectivity index (χ4n) is 1.93. The molecule has 0 unspecified atom stereocenters. The van der Waals surface area contributed by atoms with Crippen molar-refractivity contribution in [2.75, 3.05) is 12.3 Å². The molecule has 0 aromatic heterocycles. The zero-order valence-corrected chi connectivity index (χ0v) is 12.3. The van der Waals surface area contributed by atoms with Crippen molar-refractivity contribution in [3.8, 4) is 0 Å². The molecular formula is C15H16Cl2N2O. The van der Waals surface area contributed by atoms with Gasteiger partial charge in [0, 0.05) is 34.4 Å². The van der Waals surface area contributed by atoms with E-state index in [1.807, 2.05) is 24.3 Å². The number of para-hydroxylation sites is 1. The lowest BCUT2D eigenvalue weighted by atomic mass is 10.1. The van der Waals surface area contributed by atoms with Gasteiger partial charge in [-0.1, -0.05) is 47.5 Å². The summed E-state index contributed by atoms with van der Waals surface area (Å²) in [5.74, 6) is 0. The van der Waals surface area contributed by atoms with Crippen LogP contribution in [0, 0.1) is 0 Å². The molecule has 2 aromatic rings. The Labute approximate surface area is 128 Å². The lowest BCUT2D eigenvalue weighted by molar-refractivity contribution is 0.175. The number of aliphatic hydroxyl groups excluding tert-OH is 1. The third kappa shape index (κ3) is 3.87. The SMILES string of the molecule is Nc1ccccc1[C@@H](O)CNCc1ccc(Cl)cc1Cl. The number of nitrogen functional groups attached to an aromatic ring is 1. The number of hydrogen-bond acceptors (Lipinski definition) is 3. The molecule has 5 heteroatoms. The molecule has 0 bridgehead atoms. The summed E-state index contributed by atoms with van der Waals surface area (Å²) in [5.41, 5.74) is 8.07. The van der Waals surface area contributed by atoms with Crippen LogP contribution in [-0.4, -0.2) is 11.7 Å². The molecule has 0 fully saturated rings. The number of aliphatic hydroxyl groups is 1. The van der Waals surface area contributed by atoms with Crippen molar-refractivity contribution in [1.82, 2.24) is 5.32 Å². The van der Waals surface area contributed by atoms with Crippen molar-refractivity contribution in [2.45, 2.75) is 12.6 Å². The molecule has 1 atom stereocenters. The van der Waals surface area contributed by atoms with Crippen LogP contribution in [-0.2, 0) is 6.54 Å². The van der Waals surface area contributed by atoms with Crippen LogP contribution >= 0.6 is 23.2 Å². The molecule has 3 nitrogen and oxygen atoms in total. The van der Waals surface area contributed by atoms with E-state index in [1.54, 1.807) is 18.2 Å². The molecule has 0 saturated heterocycles. The molecular weight excluding hydrogens is 295 g/mol. The zero-order chi connectivity index (χ0) is 14.5. The molecule has 0 aliphatic carbocycles. The summed E-state index contributed by atoms with van der Waals surface area (Å²) in [7, 11) is 0. The van der Waals surface area contributed by atoms with E-state index < -0.39 is 6.10 Å². The molecule has 0 spiro atoms. The summed E-state index contributed by atoms with van der Waals surface area (Å²) < 4.78 is 0. The Balaban J connectivity index is 1.91. The second-order valence-corrected chi connectivity index (χ2v) is 5.35. The Morgan fingerprint density at radius 1 is 1.15 bits per heavy atom. The number of anilines is 1. The normalized spacial score (nSPS) is 12.3. The van der Waals surface area contributed by atoms with Crippen LogP contribution in [0.25, 0.3) is 0 Å². The van der Waals surface area contributed by atoms with Gasteiger partial charge in [-0.25, -0.2) is 0 Å². The van der Waals surface area contributed by atoms with Gasteiger partial charge in [0.15, 0.2) is 0 Å². The van der Waals surface area contributed by atoms with Crippen molar-refractivity contribution in [1.29, 1.82) is 0 Å². The van der Waals surface area contributed by atoms with Crippen LogP contribution in [0.2, 0.25) is 10.0 Å². The first kappa shape index (κ1) is 15.1. The Morgan fingerprint density at radius 3 is 2.60 bits per heavy atom. The molecule has 0 saturated carbocycles. The topological polar surface area (TPSA) is 58.3 Å². The van der Waals surface area contributed by atoms with E-state index in [0.29, 0.717) is 28.8 Å². The molecule has 0 aliphatic rings. The number of nitrogens with two attached hydrogens (primary N) is 1. The minimum atomic E-state index is -0.651. The standard InChI is InChI=1S/C15H16Cl2N2O/c16-11-6-5-10(13(17)7-11)8-19-9-15(20)12-3-1-2-4-14(12)18/h1-7,15,19-20H,8-9,18H2/t15-/m0/s1. The fourth-order valence-corrected chi connectivity index (χ4v) is 2.41. The molecule has 2 rings (SSSR count). The zero-order valence-electron chi connectivity index (χ0n) is 10.8. The molecule has 0 radical (unpaired) electrons. The fraction of sp³-hybridized carbons (Fsp3) is 0.200. The van der Waals surface area contributed by atoms with E-state index in [0.717, 1.165) is 11.1 Å². The first-order valence-electron chi connectivity index (χ1n) is 6.25. The monoisotopic (exact) mass is 310 g/mol. The summed E-state index contributed by atoms with van der Waals surface area (Å²) in [6.45, 7) is 0.951. The first-order valence-corrected chi connectivity index (χ1v) is 7.00. The van der Waals surface area contributed by atoms with Gasteiger partial charge in [0.25, 0.3) is 0 Å². The van der Waals surface area contributed by atoms with Crippen LogP contribution in [0.3, 0.4) is 0 Å². The smallest absolute Gasteiger partial charge is 0.0934 e. The third-order valence-corrected chi connectivity index (χ3v) is 3.61. The largest absolute Gasteiger partial charge is 0.398 e. The number of hydrogen-bond donors (Lipinski definition) is 3. The molecule has 106 valence electrons. The molecule has 0 heterocycles. The van der Waals surface area contributed by atoms with Crippen LogP contribution in [0.1, 0.15) is 17.2 Å². The Bertz CT molecular complexity index is 590. The molecule has 0 amide bonds. The van der Waals surface area contributed by atoms with E-state index in [-0.39, 0.29) is 0 Å². The lowest BCUT2D eigenvalue weighted by Crippen LogP contribution is -2.21. The van der Waals surface area contributed by atoms with Crippen LogP contribution in [0.15, 0.2) is 42.5 Å². The summed E-state index contributed by atoms with van der Waals surface area (Å²) in [6.07, 6.45) is -0.651. The summed E-state index contributed by atoms with van der Waals surface area (Å²) in [4.78, 5) is 0. The Morgan fingerprint density at radius 2 is 1.90 bits per heavy atom. The average molecular weight is 311 g/mol. The van der Waals surface area contributed by atoms with Crippen molar-refractivity contribution < 1.29 is 5.11 Å².